The van der Waals surface area contributed by atoms with E-state index in [0.717, 1.165) is 19.4 Å². The molecule has 20 heavy (non-hydrogen) atoms. The van der Waals surface area contributed by atoms with Crippen LogP contribution < -0.4 is 5.32 Å². The number of aryl methyl sites for hydroxylation is 2. The molecule has 0 radical (unpaired) electrons. The van der Waals surface area contributed by atoms with Crippen molar-refractivity contribution in [2.75, 3.05) is 6.54 Å². The summed E-state index contributed by atoms with van der Waals surface area (Å²) >= 11 is 0. The molecule has 1 aromatic rings. The topological polar surface area (TPSA) is 12.0 Å². The van der Waals surface area contributed by atoms with E-state index in [0.29, 0.717) is 0 Å². The lowest BCUT2D eigenvalue weighted by atomic mass is 9.83. The van der Waals surface area contributed by atoms with E-state index in [1.165, 1.54) is 22.3 Å². The molecule has 0 fully saturated rings. The normalized spacial score (nSPS) is 13.1. The lowest BCUT2D eigenvalue weighted by Crippen LogP contribution is -2.30. The first-order chi connectivity index (χ1) is 9.29. The molecule has 110 valence electrons. The number of nitrogens with one attached hydrogen (secondary N) is 1. The van der Waals surface area contributed by atoms with E-state index < -0.39 is 0 Å². The van der Waals surface area contributed by atoms with Crippen molar-refractivity contribution < 1.29 is 0 Å². The molecule has 0 aliphatic heterocycles. The minimum absolute atomic E-state index is 0.132. The first-order valence-electron chi connectivity index (χ1n) is 7.59. The molecule has 0 bridgehead atoms. The smallest absolute Gasteiger partial charge is 0.0727 e. The molecule has 1 unspecified atom stereocenters. The molecular formula is C19H29N. The second-order valence-electron chi connectivity index (χ2n) is 6.72. The van der Waals surface area contributed by atoms with E-state index >= 15 is 0 Å². The number of hydrogen-bond acceptors (Lipinski definition) is 1. The zero-order chi connectivity index (χ0) is 15.3. The van der Waals surface area contributed by atoms with Gasteiger partial charge in [-0.2, -0.15) is 0 Å². The van der Waals surface area contributed by atoms with Crippen LogP contribution >= 0.6 is 0 Å². The van der Waals surface area contributed by atoms with Crippen LogP contribution in [0, 0.1) is 26.2 Å². The summed E-state index contributed by atoms with van der Waals surface area (Å²) in [5.41, 5.74) is 5.70. The summed E-state index contributed by atoms with van der Waals surface area (Å²) in [6, 6.07) is 4.76. The number of benzene rings is 1. The zero-order valence-corrected chi connectivity index (χ0v) is 13.9. The zero-order valence-electron chi connectivity index (χ0n) is 13.9. The highest BCUT2D eigenvalue weighted by Gasteiger charge is 2.17. The van der Waals surface area contributed by atoms with E-state index in [1.807, 2.05) is 0 Å². The molecule has 1 heteroatoms. The first kappa shape index (κ1) is 16.8. The quantitative estimate of drug-likeness (QED) is 0.794. The van der Waals surface area contributed by atoms with Crippen LogP contribution in [0.4, 0.5) is 0 Å². The Balaban J connectivity index is 3.00. The molecule has 1 atom stereocenters. The molecule has 1 aromatic carbocycles. The summed E-state index contributed by atoms with van der Waals surface area (Å²) in [7, 11) is 0. The predicted octanol–water partition coefficient (Wildman–Crippen LogP) is 4.14. The monoisotopic (exact) mass is 271 g/mol. The molecule has 1 rings (SSSR count). The van der Waals surface area contributed by atoms with Crippen LogP contribution in [0.3, 0.4) is 0 Å². The van der Waals surface area contributed by atoms with Crippen molar-refractivity contribution in [3.8, 4) is 12.3 Å². The maximum absolute atomic E-state index is 5.65. The van der Waals surface area contributed by atoms with Crippen LogP contribution in [-0.4, -0.2) is 12.6 Å². The molecule has 0 aromatic heterocycles. The van der Waals surface area contributed by atoms with Gasteiger partial charge in [-0.05, 0) is 60.9 Å². The van der Waals surface area contributed by atoms with Gasteiger partial charge >= 0.3 is 0 Å². The molecule has 0 aliphatic rings. The van der Waals surface area contributed by atoms with Crippen LogP contribution in [0.2, 0.25) is 0 Å². The molecule has 0 heterocycles. The van der Waals surface area contributed by atoms with Gasteiger partial charge in [0.15, 0.2) is 0 Å². The summed E-state index contributed by atoms with van der Waals surface area (Å²) in [6.07, 6.45) is 7.67. The van der Waals surface area contributed by atoms with Crippen LogP contribution in [0.15, 0.2) is 12.1 Å². The fraction of sp³-hybridized carbons (Fsp3) is 0.579. The summed E-state index contributed by atoms with van der Waals surface area (Å²) in [5, 5.41) is 3.43. The predicted molar refractivity (Wildman–Crippen MR) is 89.2 cm³/mol. The third-order valence-corrected chi connectivity index (χ3v) is 3.81. The summed E-state index contributed by atoms with van der Waals surface area (Å²) < 4.78 is 0. The average Bonchev–Trinajstić information content (AvgIpc) is 2.36. The van der Waals surface area contributed by atoms with Gasteiger partial charge in [0, 0.05) is 0 Å². The second-order valence-corrected chi connectivity index (χ2v) is 6.72. The third kappa shape index (κ3) is 4.39. The van der Waals surface area contributed by atoms with Crippen LogP contribution in [0.1, 0.15) is 56.4 Å². The summed E-state index contributed by atoms with van der Waals surface area (Å²) in [5.74, 6) is 2.87. The van der Waals surface area contributed by atoms with Crippen LogP contribution in [0.25, 0.3) is 0 Å². The standard InChI is InChI=1S/C19H29N/c1-8-10-20-17(9-2)13-18-14(3)11-16(12-15(18)4)19(5,6)7/h2,11-12,17,20H,8,10,13H2,1,3-7H3. The number of rotatable bonds is 5. The van der Waals surface area contributed by atoms with Crippen molar-refractivity contribution in [1.82, 2.24) is 5.32 Å². The Hall–Kier alpha value is -1.26. The molecule has 0 aliphatic carbocycles. The van der Waals surface area contributed by atoms with Crippen molar-refractivity contribution in [3.63, 3.8) is 0 Å². The van der Waals surface area contributed by atoms with Crippen molar-refractivity contribution >= 4 is 0 Å². The number of terminal acetylenes is 1. The highest BCUT2D eigenvalue weighted by molar-refractivity contribution is 5.41. The Morgan fingerprint density at radius 1 is 1.20 bits per heavy atom. The molecule has 1 N–H and O–H groups in total. The Morgan fingerprint density at radius 3 is 2.15 bits per heavy atom. The first-order valence-corrected chi connectivity index (χ1v) is 7.59. The molecular weight excluding hydrogens is 242 g/mol. The van der Waals surface area contributed by atoms with Crippen molar-refractivity contribution in [2.45, 2.75) is 65.8 Å². The number of hydrogen-bond donors (Lipinski definition) is 1. The minimum atomic E-state index is 0.132. The lowest BCUT2D eigenvalue weighted by molar-refractivity contribution is 0.584. The van der Waals surface area contributed by atoms with E-state index in [4.69, 9.17) is 6.42 Å². The lowest BCUT2D eigenvalue weighted by Gasteiger charge is -2.23. The Kier molecular flexibility index (Phi) is 5.84. The molecule has 0 saturated heterocycles. The Morgan fingerprint density at radius 2 is 1.75 bits per heavy atom. The largest absolute Gasteiger partial charge is 0.303 e. The average molecular weight is 271 g/mol. The maximum Gasteiger partial charge on any atom is 0.0727 e. The van der Waals surface area contributed by atoms with Crippen molar-refractivity contribution in [3.05, 3.63) is 34.4 Å². The van der Waals surface area contributed by atoms with Gasteiger partial charge in [-0.3, -0.25) is 0 Å². The van der Waals surface area contributed by atoms with Gasteiger partial charge in [0.2, 0.25) is 0 Å². The van der Waals surface area contributed by atoms with Gasteiger partial charge in [-0.15, -0.1) is 6.42 Å². The highest BCUT2D eigenvalue weighted by Crippen LogP contribution is 2.27. The van der Waals surface area contributed by atoms with Gasteiger partial charge in [0.05, 0.1) is 6.04 Å². The van der Waals surface area contributed by atoms with E-state index in [1.54, 1.807) is 0 Å². The van der Waals surface area contributed by atoms with Crippen LogP contribution in [0.5, 0.6) is 0 Å². The highest BCUT2D eigenvalue weighted by atomic mass is 14.9. The fourth-order valence-corrected chi connectivity index (χ4v) is 2.46. The minimum Gasteiger partial charge on any atom is -0.303 e. The van der Waals surface area contributed by atoms with Gasteiger partial charge in [0.25, 0.3) is 0 Å². The van der Waals surface area contributed by atoms with E-state index in [-0.39, 0.29) is 11.5 Å². The van der Waals surface area contributed by atoms with E-state index in [9.17, 15) is 0 Å². The SMILES string of the molecule is C#CC(Cc1c(C)cc(C(C)(C)C)cc1C)NCCC. The fourth-order valence-electron chi connectivity index (χ4n) is 2.46. The van der Waals surface area contributed by atoms with E-state index in [2.05, 4.69) is 64.9 Å². The molecule has 1 nitrogen and oxygen atoms in total. The molecule has 0 amide bonds. The van der Waals surface area contributed by atoms with Crippen LogP contribution in [-0.2, 0) is 11.8 Å². The van der Waals surface area contributed by atoms with Crippen molar-refractivity contribution in [2.24, 2.45) is 0 Å². The maximum atomic E-state index is 5.65. The van der Waals surface area contributed by atoms with Gasteiger partial charge in [-0.25, -0.2) is 0 Å². The van der Waals surface area contributed by atoms with Gasteiger partial charge in [-0.1, -0.05) is 45.7 Å². The van der Waals surface area contributed by atoms with Gasteiger partial charge < -0.3 is 5.32 Å². The molecule has 0 spiro atoms. The Labute approximate surface area is 125 Å². The van der Waals surface area contributed by atoms with Gasteiger partial charge in [0.1, 0.15) is 0 Å². The summed E-state index contributed by atoms with van der Waals surface area (Å²) in [6.45, 7) is 14.3. The Bertz CT molecular complexity index is 462. The second kappa shape index (κ2) is 6.95. The van der Waals surface area contributed by atoms with Crippen molar-refractivity contribution in [1.29, 1.82) is 0 Å². The molecule has 0 saturated carbocycles. The summed E-state index contributed by atoms with van der Waals surface area (Å²) in [4.78, 5) is 0. The third-order valence-electron chi connectivity index (χ3n) is 3.81.